The van der Waals surface area contributed by atoms with Crippen molar-refractivity contribution in [2.45, 2.75) is 25.8 Å². The maximum atomic E-state index is 11.9. The van der Waals surface area contributed by atoms with Gasteiger partial charge in [-0.05, 0) is 6.42 Å². The van der Waals surface area contributed by atoms with Crippen LogP contribution in [0.25, 0.3) is 0 Å². The first-order valence-electron chi connectivity index (χ1n) is 5.70. The number of aliphatic carboxylic acids is 1. The summed E-state index contributed by atoms with van der Waals surface area (Å²) in [6.07, 6.45) is 1.71. The topological polar surface area (TPSA) is 122 Å². The van der Waals surface area contributed by atoms with E-state index < -0.39 is 28.5 Å². The van der Waals surface area contributed by atoms with Crippen molar-refractivity contribution < 1.29 is 19.6 Å². The molecule has 2 N–H and O–H groups in total. The van der Waals surface area contributed by atoms with Crippen molar-refractivity contribution in [2.24, 2.45) is 0 Å². The van der Waals surface area contributed by atoms with Gasteiger partial charge in [0.05, 0.1) is 10.5 Å². The molecular formula is C11H12ClN3O5. The number of carboxylic acid groups (broad SMARTS) is 1. The normalized spacial score (nSPS) is 11.7. The fourth-order valence-corrected chi connectivity index (χ4v) is 1.67. The Morgan fingerprint density at radius 2 is 2.25 bits per heavy atom. The predicted molar refractivity (Wildman–Crippen MR) is 69.7 cm³/mol. The quantitative estimate of drug-likeness (QED) is 0.467. The highest BCUT2D eigenvalue weighted by Gasteiger charge is 2.23. The molecule has 1 amide bonds. The lowest BCUT2D eigenvalue weighted by molar-refractivity contribution is -0.385. The lowest BCUT2D eigenvalue weighted by Gasteiger charge is -2.13. The summed E-state index contributed by atoms with van der Waals surface area (Å²) in [5.74, 6) is -2.00. The molecule has 0 aromatic carbocycles. The lowest BCUT2D eigenvalue weighted by atomic mass is 10.1. The van der Waals surface area contributed by atoms with E-state index in [-0.39, 0.29) is 17.1 Å². The average molecular weight is 302 g/mol. The summed E-state index contributed by atoms with van der Waals surface area (Å²) < 4.78 is 0. The van der Waals surface area contributed by atoms with Gasteiger partial charge in [0.25, 0.3) is 11.6 Å². The van der Waals surface area contributed by atoms with E-state index in [4.69, 9.17) is 16.7 Å². The molecule has 9 heteroatoms. The van der Waals surface area contributed by atoms with Crippen molar-refractivity contribution >= 4 is 29.2 Å². The number of carbonyl (C=O) groups excluding carboxylic acids is 1. The number of nitrogens with zero attached hydrogens (tertiary/aromatic N) is 2. The van der Waals surface area contributed by atoms with Crippen LogP contribution in [0.5, 0.6) is 0 Å². The molecule has 20 heavy (non-hydrogen) atoms. The third-order valence-corrected chi connectivity index (χ3v) is 2.76. The molecule has 0 spiro atoms. The predicted octanol–water partition coefficient (Wildman–Crippen LogP) is 1.63. The highest BCUT2D eigenvalue weighted by Crippen LogP contribution is 2.19. The van der Waals surface area contributed by atoms with Crippen LogP contribution < -0.4 is 5.32 Å². The van der Waals surface area contributed by atoms with Gasteiger partial charge in [-0.2, -0.15) is 0 Å². The van der Waals surface area contributed by atoms with Gasteiger partial charge >= 0.3 is 5.97 Å². The zero-order chi connectivity index (χ0) is 15.3. The van der Waals surface area contributed by atoms with Crippen molar-refractivity contribution in [3.8, 4) is 0 Å². The van der Waals surface area contributed by atoms with Crippen LogP contribution in [0.3, 0.4) is 0 Å². The standard InChI is InChI=1S/C11H12ClN3O5/c1-2-3-8(11(17)18)14-10(16)7-4-6(15(19)20)5-13-9(7)12/h4-5,8H,2-3H2,1H3,(H,14,16)(H,17,18). The lowest BCUT2D eigenvalue weighted by Crippen LogP contribution is -2.40. The summed E-state index contributed by atoms with van der Waals surface area (Å²) in [6, 6.07) is -0.127. The zero-order valence-electron chi connectivity index (χ0n) is 10.5. The third kappa shape index (κ3) is 3.89. The molecule has 0 saturated carbocycles. The SMILES string of the molecule is CCCC(NC(=O)c1cc([N+](=O)[O-])cnc1Cl)C(=O)O. The summed E-state index contributed by atoms with van der Waals surface area (Å²) in [5.41, 5.74) is -0.634. The number of carbonyl (C=O) groups is 2. The van der Waals surface area contributed by atoms with Gasteiger partial charge in [-0.15, -0.1) is 0 Å². The van der Waals surface area contributed by atoms with Gasteiger partial charge in [-0.1, -0.05) is 24.9 Å². The molecule has 1 aromatic heterocycles. The van der Waals surface area contributed by atoms with Gasteiger partial charge in [-0.3, -0.25) is 14.9 Å². The average Bonchev–Trinajstić information content (AvgIpc) is 2.38. The molecule has 0 aliphatic carbocycles. The molecule has 0 saturated heterocycles. The summed E-state index contributed by atoms with van der Waals surface area (Å²) in [6.45, 7) is 1.77. The Morgan fingerprint density at radius 3 is 2.75 bits per heavy atom. The van der Waals surface area contributed by atoms with Crippen molar-refractivity contribution in [1.82, 2.24) is 10.3 Å². The van der Waals surface area contributed by atoms with Crippen LogP contribution in [0.15, 0.2) is 12.3 Å². The van der Waals surface area contributed by atoms with Crippen molar-refractivity contribution in [1.29, 1.82) is 0 Å². The van der Waals surface area contributed by atoms with E-state index >= 15 is 0 Å². The van der Waals surface area contributed by atoms with Crippen molar-refractivity contribution in [2.75, 3.05) is 0 Å². The molecule has 0 fully saturated rings. The largest absolute Gasteiger partial charge is 0.480 e. The minimum absolute atomic E-state index is 0.228. The van der Waals surface area contributed by atoms with Crippen molar-refractivity contribution in [3.05, 3.63) is 33.1 Å². The number of aromatic nitrogens is 1. The Balaban J connectivity index is 2.99. The number of halogens is 1. The Bertz CT molecular complexity index is 549. The minimum Gasteiger partial charge on any atom is -0.480 e. The number of rotatable bonds is 6. The summed E-state index contributed by atoms with van der Waals surface area (Å²) in [7, 11) is 0. The van der Waals surface area contributed by atoms with Crippen LogP contribution >= 0.6 is 11.6 Å². The fraction of sp³-hybridized carbons (Fsp3) is 0.364. The van der Waals surface area contributed by atoms with Crippen molar-refractivity contribution in [3.63, 3.8) is 0 Å². The van der Waals surface area contributed by atoms with E-state index in [1.807, 2.05) is 0 Å². The van der Waals surface area contributed by atoms with Crippen LogP contribution in [0.4, 0.5) is 5.69 Å². The van der Waals surface area contributed by atoms with Gasteiger partial charge in [-0.25, -0.2) is 9.78 Å². The number of hydrogen-bond acceptors (Lipinski definition) is 5. The number of hydrogen-bond donors (Lipinski definition) is 2. The molecule has 8 nitrogen and oxygen atoms in total. The number of nitrogens with one attached hydrogen (secondary N) is 1. The van der Waals surface area contributed by atoms with E-state index in [0.29, 0.717) is 6.42 Å². The van der Waals surface area contributed by atoms with E-state index in [1.165, 1.54) is 0 Å². The second-order valence-electron chi connectivity index (χ2n) is 3.94. The Kier molecular flexibility index (Phi) is 5.39. The first-order chi connectivity index (χ1) is 9.36. The van der Waals surface area contributed by atoms with Crippen LogP contribution in [-0.2, 0) is 4.79 Å². The monoisotopic (exact) mass is 301 g/mol. The fourth-order valence-electron chi connectivity index (χ4n) is 1.48. The molecule has 0 aliphatic heterocycles. The molecule has 1 rings (SSSR count). The molecule has 0 radical (unpaired) electrons. The third-order valence-electron chi connectivity index (χ3n) is 2.46. The van der Waals surface area contributed by atoms with Gasteiger partial charge in [0.2, 0.25) is 0 Å². The highest BCUT2D eigenvalue weighted by molar-refractivity contribution is 6.32. The summed E-state index contributed by atoms with van der Waals surface area (Å²) >= 11 is 5.69. The van der Waals surface area contributed by atoms with Gasteiger partial charge in [0.1, 0.15) is 17.4 Å². The van der Waals surface area contributed by atoms with Gasteiger partial charge in [0, 0.05) is 6.07 Å². The molecule has 1 unspecified atom stereocenters. The molecule has 1 aromatic rings. The van der Waals surface area contributed by atoms with E-state index in [0.717, 1.165) is 12.3 Å². The van der Waals surface area contributed by atoms with Gasteiger partial charge in [0.15, 0.2) is 0 Å². The second-order valence-corrected chi connectivity index (χ2v) is 4.30. The molecule has 0 bridgehead atoms. The second kappa shape index (κ2) is 6.80. The smallest absolute Gasteiger partial charge is 0.326 e. The Morgan fingerprint density at radius 1 is 1.60 bits per heavy atom. The van der Waals surface area contributed by atoms with Crippen LogP contribution in [0, 0.1) is 10.1 Å². The number of pyridine rings is 1. The summed E-state index contributed by atoms with van der Waals surface area (Å²) in [5, 5.41) is 21.6. The molecule has 108 valence electrons. The number of carboxylic acids is 1. The van der Waals surface area contributed by atoms with Crippen LogP contribution in [0.2, 0.25) is 5.15 Å². The first-order valence-corrected chi connectivity index (χ1v) is 6.08. The maximum absolute atomic E-state index is 11.9. The number of nitro groups is 1. The molecule has 0 aliphatic rings. The highest BCUT2D eigenvalue weighted by atomic mass is 35.5. The van der Waals surface area contributed by atoms with E-state index in [1.54, 1.807) is 6.92 Å². The van der Waals surface area contributed by atoms with Crippen LogP contribution in [0.1, 0.15) is 30.1 Å². The maximum Gasteiger partial charge on any atom is 0.326 e. The molecule has 1 atom stereocenters. The molecule has 1 heterocycles. The summed E-state index contributed by atoms with van der Waals surface area (Å²) in [4.78, 5) is 36.3. The minimum atomic E-state index is -1.19. The van der Waals surface area contributed by atoms with Crippen LogP contribution in [-0.4, -0.2) is 32.9 Å². The number of amides is 1. The van der Waals surface area contributed by atoms with E-state index in [2.05, 4.69) is 10.3 Å². The van der Waals surface area contributed by atoms with Gasteiger partial charge < -0.3 is 10.4 Å². The Hall–Kier alpha value is -2.22. The first kappa shape index (κ1) is 15.8. The zero-order valence-corrected chi connectivity index (χ0v) is 11.3. The molecular weight excluding hydrogens is 290 g/mol. The van der Waals surface area contributed by atoms with E-state index in [9.17, 15) is 19.7 Å². The Labute approximate surface area is 118 Å².